The van der Waals surface area contributed by atoms with Gasteiger partial charge in [-0.3, -0.25) is 0 Å². The predicted molar refractivity (Wildman–Crippen MR) is 92.9 cm³/mol. The van der Waals surface area contributed by atoms with Gasteiger partial charge in [0.1, 0.15) is 0 Å². The number of unbranched alkanes of at least 4 members (excludes halogenated alkanes) is 9. The zero-order valence-electron chi connectivity index (χ0n) is 14.5. The molecule has 1 unspecified atom stereocenters. The Bertz CT molecular complexity index is 230. The molecule has 0 radical (unpaired) electrons. The van der Waals surface area contributed by atoms with E-state index < -0.39 is 0 Å². The second kappa shape index (κ2) is 16.6. The summed E-state index contributed by atoms with van der Waals surface area (Å²) in [5.74, 6) is 7.62. The normalized spacial score (nSPS) is 11.9. The molecule has 0 bridgehead atoms. The highest BCUT2D eigenvalue weighted by Gasteiger charge is 2.00. The first-order valence-electron chi connectivity index (χ1n) is 9.27. The Kier molecular flexibility index (Phi) is 16.2. The third-order valence-electron chi connectivity index (χ3n) is 4.08. The summed E-state index contributed by atoms with van der Waals surface area (Å²) in [4.78, 5) is 0. The van der Waals surface area contributed by atoms with Gasteiger partial charge in [-0.2, -0.15) is 0 Å². The van der Waals surface area contributed by atoms with Crippen molar-refractivity contribution in [3.05, 3.63) is 0 Å². The Morgan fingerprint density at radius 2 is 1.05 bits per heavy atom. The van der Waals surface area contributed by atoms with E-state index in [1.54, 1.807) is 0 Å². The summed E-state index contributed by atoms with van der Waals surface area (Å²) in [6.45, 7) is 6.97. The third-order valence-corrected chi connectivity index (χ3v) is 4.08. The predicted octanol–water partition coefficient (Wildman–Crippen LogP) is 7.13. The fraction of sp³-hybridized carbons (Fsp3) is 0.900. The van der Waals surface area contributed by atoms with Crippen molar-refractivity contribution >= 4 is 0 Å². The summed E-state index contributed by atoms with van der Waals surface area (Å²) in [7, 11) is 0. The smallest absolute Gasteiger partial charge is 0.00886 e. The zero-order chi connectivity index (χ0) is 14.9. The van der Waals surface area contributed by atoms with Crippen LogP contribution in [0.5, 0.6) is 0 Å². The Balaban J connectivity index is 3.22. The summed E-state index contributed by atoms with van der Waals surface area (Å²) in [5.41, 5.74) is 0. The van der Waals surface area contributed by atoms with Crippen LogP contribution in [0.4, 0.5) is 0 Å². The van der Waals surface area contributed by atoms with Crippen molar-refractivity contribution in [2.75, 3.05) is 0 Å². The van der Waals surface area contributed by atoms with Crippen molar-refractivity contribution < 1.29 is 0 Å². The first kappa shape index (κ1) is 19.6. The minimum absolute atomic E-state index is 0.924. The summed E-state index contributed by atoms with van der Waals surface area (Å²) < 4.78 is 0. The maximum Gasteiger partial charge on any atom is 0.00886 e. The topological polar surface area (TPSA) is 0 Å². The van der Waals surface area contributed by atoms with Crippen LogP contribution in [0.3, 0.4) is 0 Å². The van der Waals surface area contributed by atoms with E-state index in [1.807, 2.05) is 0 Å². The van der Waals surface area contributed by atoms with Gasteiger partial charge in [-0.1, -0.05) is 85.0 Å². The maximum absolute atomic E-state index is 3.35. The van der Waals surface area contributed by atoms with Crippen molar-refractivity contribution in [1.29, 1.82) is 0 Å². The van der Waals surface area contributed by atoms with Crippen LogP contribution in [0, 0.1) is 17.8 Å². The van der Waals surface area contributed by atoms with Crippen LogP contribution < -0.4 is 0 Å². The molecule has 0 aliphatic carbocycles. The molecule has 0 aromatic heterocycles. The molecule has 0 rings (SSSR count). The fourth-order valence-corrected chi connectivity index (χ4v) is 2.59. The van der Waals surface area contributed by atoms with Crippen molar-refractivity contribution in [2.24, 2.45) is 5.92 Å². The quantitative estimate of drug-likeness (QED) is 0.248. The van der Waals surface area contributed by atoms with Gasteiger partial charge < -0.3 is 0 Å². The second-order valence-corrected chi connectivity index (χ2v) is 6.36. The van der Waals surface area contributed by atoms with Crippen LogP contribution in [0.15, 0.2) is 0 Å². The van der Waals surface area contributed by atoms with Crippen LogP contribution in [-0.2, 0) is 0 Å². The van der Waals surface area contributed by atoms with Crippen molar-refractivity contribution in [2.45, 2.75) is 111 Å². The summed E-state index contributed by atoms with van der Waals surface area (Å²) in [6, 6.07) is 0. The molecule has 0 nitrogen and oxygen atoms in total. The minimum atomic E-state index is 0.924. The first-order valence-corrected chi connectivity index (χ1v) is 9.27. The van der Waals surface area contributed by atoms with Gasteiger partial charge in [0.2, 0.25) is 0 Å². The fourth-order valence-electron chi connectivity index (χ4n) is 2.59. The molecule has 0 saturated carbocycles. The largest absolute Gasteiger partial charge is 0.103 e. The second-order valence-electron chi connectivity index (χ2n) is 6.36. The van der Waals surface area contributed by atoms with Gasteiger partial charge in [-0.15, -0.1) is 11.8 Å². The molecule has 0 amide bonds. The van der Waals surface area contributed by atoms with Crippen LogP contribution in [-0.4, -0.2) is 0 Å². The van der Waals surface area contributed by atoms with E-state index >= 15 is 0 Å². The van der Waals surface area contributed by atoms with Crippen molar-refractivity contribution in [3.8, 4) is 11.8 Å². The van der Waals surface area contributed by atoms with E-state index in [0.29, 0.717) is 0 Å². The number of rotatable bonds is 13. The SMILES string of the molecule is CCCCCCCC#CCCCCC(C)CCCCC. The van der Waals surface area contributed by atoms with E-state index in [1.165, 1.54) is 77.0 Å². The van der Waals surface area contributed by atoms with Gasteiger partial charge in [-0.05, 0) is 18.8 Å². The summed E-state index contributed by atoms with van der Waals surface area (Å²) >= 11 is 0. The molecule has 1 atom stereocenters. The van der Waals surface area contributed by atoms with Crippen molar-refractivity contribution in [1.82, 2.24) is 0 Å². The third kappa shape index (κ3) is 15.6. The monoisotopic (exact) mass is 278 g/mol. The molecule has 0 aromatic rings. The molecule has 0 aromatic carbocycles. The highest BCUT2D eigenvalue weighted by atomic mass is 14.1. The highest BCUT2D eigenvalue weighted by Crippen LogP contribution is 2.16. The van der Waals surface area contributed by atoms with E-state index in [9.17, 15) is 0 Å². The lowest BCUT2D eigenvalue weighted by atomic mass is 9.97. The van der Waals surface area contributed by atoms with Crippen LogP contribution in [0.1, 0.15) is 111 Å². The van der Waals surface area contributed by atoms with Gasteiger partial charge in [0.15, 0.2) is 0 Å². The summed E-state index contributed by atoms with van der Waals surface area (Å²) in [6.07, 6.45) is 18.7. The Labute approximate surface area is 129 Å². The summed E-state index contributed by atoms with van der Waals surface area (Å²) in [5, 5.41) is 0. The molecule has 0 N–H and O–H groups in total. The number of hydrogen-bond acceptors (Lipinski definition) is 0. The van der Waals surface area contributed by atoms with E-state index in [-0.39, 0.29) is 0 Å². The van der Waals surface area contributed by atoms with Crippen LogP contribution in [0.2, 0.25) is 0 Å². The van der Waals surface area contributed by atoms with Crippen LogP contribution in [0.25, 0.3) is 0 Å². The lowest BCUT2D eigenvalue weighted by Gasteiger charge is -2.09. The zero-order valence-corrected chi connectivity index (χ0v) is 14.5. The average Bonchev–Trinajstić information content (AvgIpc) is 2.45. The highest BCUT2D eigenvalue weighted by molar-refractivity contribution is 4.98. The van der Waals surface area contributed by atoms with E-state index in [2.05, 4.69) is 32.6 Å². The lowest BCUT2D eigenvalue weighted by molar-refractivity contribution is 0.445. The molecular weight excluding hydrogens is 240 g/mol. The van der Waals surface area contributed by atoms with E-state index in [4.69, 9.17) is 0 Å². The van der Waals surface area contributed by atoms with Gasteiger partial charge >= 0.3 is 0 Å². The first-order chi connectivity index (χ1) is 9.81. The lowest BCUT2D eigenvalue weighted by Crippen LogP contribution is -1.94. The van der Waals surface area contributed by atoms with Crippen molar-refractivity contribution in [3.63, 3.8) is 0 Å². The molecule has 0 spiro atoms. The molecule has 0 heterocycles. The molecular formula is C20H38. The maximum atomic E-state index is 3.35. The Morgan fingerprint density at radius 3 is 1.65 bits per heavy atom. The molecule has 0 heteroatoms. The van der Waals surface area contributed by atoms with Crippen LogP contribution >= 0.6 is 0 Å². The molecule has 0 aliphatic rings. The Hall–Kier alpha value is -0.440. The molecule has 118 valence electrons. The van der Waals surface area contributed by atoms with Gasteiger partial charge in [-0.25, -0.2) is 0 Å². The molecule has 0 fully saturated rings. The van der Waals surface area contributed by atoms with Gasteiger partial charge in [0.25, 0.3) is 0 Å². The van der Waals surface area contributed by atoms with Gasteiger partial charge in [0, 0.05) is 12.8 Å². The standard InChI is InChI=1S/C20H38/c1-4-6-8-9-10-11-12-13-14-15-17-19-20(3)18-16-7-5-2/h20H,4-11,14-19H2,1-3H3. The number of hydrogen-bond donors (Lipinski definition) is 0. The van der Waals surface area contributed by atoms with E-state index in [0.717, 1.165) is 18.8 Å². The van der Waals surface area contributed by atoms with Gasteiger partial charge in [0.05, 0.1) is 0 Å². The minimum Gasteiger partial charge on any atom is -0.103 e. The molecule has 0 saturated heterocycles. The Morgan fingerprint density at radius 1 is 0.600 bits per heavy atom. The molecule has 0 aliphatic heterocycles. The molecule has 20 heavy (non-hydrogen) atoms. The average molecular weight is 279 g/mol.